The molecule has 3 rings (SSSR count). The number of benzene rings is 2. The van der Waals surface area contributed by atoms with E-state index in [9.17, 15) is 14.4 Å². The normalized spacial score (nSPS) is 15.4. The summed E-state index contributed by atoms with van der Waals surface area (Å²) in [6.07, 6.45) is 4.98. The van der Waals surface area contributed by atoms with Gasteiger partial charge in [-0.15, -0.1) is 0 Å². The summed E-state index contributed by atoms with van der Waals surface area (Å²) in [5.41, 5.74) is 1.76. The lowest BCUT2D eigenvalue weighted by molar-refractivity contribution is -0.137. The summed E-state index contributed by atoms with van der Waals surface area (Å²) in [7, 11) is 3.78. The van der Waals surface area contributed by atoms with Crippen LogP contribution in [-0.4, -0.2) is 68.2 Å². The molecule has 200 valence electrons. The van der Waals surface area contributed by atoms with Crippen LogP contribution in [0.25, 0.3) is 0 Å². The molecule has 1 aliphatic heterocycles. The fourth-order valence-corrected chi connectivity index (χ4v) is 5.03. The third-order valence-corrected chi connectivity index (χ3v) is 7.46. The molecule has 0 amide bonds. The topological polar surface area (TPSA) is 66.9 Å². The van der Waals surface area contributed by atoms with E-state index in [1.165, 1.54) is 0 Å². The zero-order valence-corrected chi connectivity index (χ0v) is 22.7. The van der Waals surface area contributed by atoms with Gasteiger partial charge in [-0.05, 0) is 63.2 Å². The van der Waals surface area contributed by atoms with Gasteiger partial charge in [0.2, 0.25) is 0 Å². The molecule has 1 unspecified atom stereocenters. The molecule has 37 heavy (non-hydrogen) atoms. The highest BCUT2D eigenvalue weighted by Gasteiger charge is 2.41. The molecule has 1 atom stereocenters. The number of carbonyl (C=O) groups excluding carboxylic acids is 3. The molecule has 0 aliphatic carbocycles. The molecule has 0 aromatic heterocycles. The first kappa shape index (κ1) is 28.7. The van der Waals surface area contributed by atoms with Crippen molar-refractivity contribution in [3.8, 4) is 0 Å². The number of rotatable bonds is 15. The van der Waals surface area contributed by atoms with Crippen LogP contribution in [-0.2, 0) is 20.7 Å². The Labute approximate surface area is 222 Å². The van der Waals surface area contributed by atoms with Gasteiger partial charge in [-0.25, -0.2) is 0 Å². The van der Waals surface area contributed by atoms with Gasteiger partial charge in [0.15, 0.2) is 17.3 Å². The van der Waals surface area contributed by atoms with Crippen molar-refractivity contribution in [1.29, 1.82) is 0 Å². The van der Waals surface area contributed by atoms with E-state index < -0.39 is 5.54 Å². The molecule has 0 N–H and O–H groups in total. The van der Waals surface area contributed by atoms with Crippen molar-refractivity contribution in [3.05, 3.63) is 65.7 Å². The SMILES string of the molecule is CCCCCCC(=O)C(=O)CCC(Cc1ccccc1)(C(=O)c1ccc(N2CCOCC2)cc1)N(C)C. The highest BCUT2D eigenvalue weighted by atomic mass is 16.5. The Bertz CT molecular complexity index is 1010. The molecule has 6 heteroatoms. The minimum atomic E-state index is -0.944. The number of unbranched alkanes of at least 4 members (excludes halogenated alkanes) is 3. The van der Waals surface area contributed by atoms with E-state index in [1.807, 2.05) is 73.6 Å². The van der Waals surface area contributed by atoms with Gasteiger partial charge < -0.3 is 9.64 Å². The highest BCUT2D eigenvalue weighted by Crippen LogP contribution is 2.30. The van der Waals surface area contributed by atoms with Gasteiger partial charge in [0, 0.05) is 37.2 Å². The van der Waals surface area contributed by atoms with E-state index in [4.69, 9.17) is 4.74 Å². The van der Waals surface area contributed by atoms with Crippen molar-refractivity contribution >= 4 is 23.0 Å². The van der Waals surface area contributed by atoms with Gasteiger partial charge in [0.05, 0.1) is 18.8 Å². The van der Waals surface area contributed by atoms with Crippen molar-refractivity contribution in [2.45, 2.75) is 63.8 Å². The first-order chi connectivity index (χ1) is 17.9. The smallest absolute Gasteiger partial charge is 0.198 e. The Morgan fingerprint density at radius 2 is 1.51 bits per heavy atom. The number of nitrogens with zero attached hydrogens (tertiary/aromatic N) is 2. The van der Waals surface area contributed by atoms with Crippen LogP contribution in [0.1, 0.15) is 67.8 Å². The first-order valence-electron chi connectivity index (χ1n) is 13.6. The minimum Gasteiger partial charge on any atom is -0.378 e. The van der Waals surface area contributed by atoms with Crippen molar-refractivity contribution in [2.24, 2.45) is 0 Å². The number of ether oxygens (including phenoxy) is 1. The summed E-state index contributed by atoms with van der Waals surface area (Å²) in [5.74, 6) is -0.713. The zero-order chi connectivity index (χ0) is 26.7. The molecule has 1 saturated heterocycles. The predicted molar refractivity (Wildman–Crippen MR) is 148 cm³/mol. The Morgan fingerprint density at radius 1 is 0.865 bits per heavy atom. The summed E-state index contributed by atoms with van der Waals surface area (Å²) in [6.45, 7) is 5.18. The Hall–Kier alpha value is -2.83. The lowest BCUT2D eigenvalue weighted by Crippen LogP contribution is -2.53. The molecule has 2 aromatic carbocycles. The van der Waals surface area contributed by atoms with Gasteiger partial charge in [-0.3, -0.25) is 19.3 Å². The van der Waals surface area contributed by atoms with Gasteiger partial charge in [-0.1, -0.05) is 56.5 Å². The van der Waals surface area contributed by atoms with Crippen LogP contribution in [0.2, 0.25) is 0 Å². The lowest BCUT2D eigenvalue weighted by Gasteiger charge is -2.39. The van der Waals surface area contributed by atoms with E-state index in [2.05, 4.69) is 11.8 Å². The van der Waals surface area contributed by atoms with Crippen molar-refractivity contribution in [1.82, 2.24) is 4.90 Å². The third-order valence-electron chi connectivity index (χ3n) is 7.46. The molecule has 0 radical (unpaired) electrons. The minimum absolute atomic E-state index is 0.0296. The Balaban J connectivity index is 1.81. The summed E-state index contributed by atoms with van der Waals surface area (Å²) < 4.78 is 5.45. The monoisotopic (exact) mass is 506 g/mol. The average molecular weight is 507 g/mol. The average Bonchev–Trinajstić information content (AvgIpc) is 2.93. The number of carbonyl (C=O) groups is 3. The maximum absolute atomic E-state index is 14.2. The molecular formula is C31H42N2O4. The van der Waals surface area contributed by atoms with Crippen molar-refractivity contribution in [2.75, 3.05) is 45.3 Å². The fourth-order valence-electron chi connectivity index (χ4n) is 5.03. The molecular weight excluding hydrogens is 464 g/mol. The van der Waals surface area contributed by atoms with E-state index in [-0.39, 0.29) is 23.8 Å². The van der Waals surface area contributed by atoms with Crippen LogP contribution < -0.4 is 4.90 Å². The standard InChI is InChI=1S/C31H42N2O4/c1-4-5-6-10-13-28(34)29(35)18-19-31(32(2)3,24-25-11-8-7-9-12-25)30(36)26-14-16-27(17-15-26)33-20-22-37-23-21-33/h7-9,11-12,14-17H,4-6,10,13,18-24H2,1-3H3. The van der Waals surface area contributed by atoms with Gasteiger partial charge in [0.1, 0.15) is 0 Å². The molecule has 1 fully saturated rings. The largest absolute Gasteiger partial charge is 0.378 e. The molecule has 1 aliphatic rings. The van der Waals surface area contributed by atoms with Gasteiger partial charge >= 0.3 is 0 Å². The van der Waals surface area contributed by atoms with E-state index >= 15 is 0 Å². The van der Waals surface area contributed by atoms with Crippen molar-refractivity contribution < 1.29 is 19.1 Å². The molecule has 0 spiro atoms. The second-order valence-electron chi connectivity index (χ2n) is 10.2. The number of likely N-dealkylation sites (N-methyl/N-ethyl adjacent to an activating group) is 1. The number of anilines is 1. The maximum Gasteiger partial charge on any atom is 0.198 e. The number of Topliss-reactive ketones (excluding diaryl/α,β-unsaturated/α-hetero) is 3. The molecule has 1 heterocycles. The van der Waals surface area contributed by atoms with E-state index in [0.29, 0.717) is 38.0 Å². The molecule has 6 nitrogen and oxygen atoms in total. The second-order valence-corrected chi connectivity index (χ2v) is 10.2. The quantitative estimate of drug-likeness (QED) is 0.189. The lowest BCUT2D eigenvalue weighted by atomic mass is 9.78. The number of hydrogen-bond donors (Lipinski definition) is 0. The first-order valence-corrected chi connectivity index (χ1v) is 13.6. The summed E-state index contributed by atoms with van der Waals surface area (Å²) >= 11 is 0. The van der Waals surface area contributed by atoms with Crippen LogP contribution >= 0.6 is 0 Å². The Kier molecular flexibility index (Phi) is 11.0. The predicted octanol–water partition coefficient (Wildman–Crippen LogP) is 5.14. The van der Waals surface area contributed by atoms with E-state index in [0.717, 1.165) is 50.0 Å². The maximum atomic E-state index is 14.2. The summed E-state index contributed by atoms with van der Waals surface area (Å²) in [4.78, 5) is 43.7. The van der Waals surface area contributed by atoms with Gasteiger partial charge in [-0.2, -0.15) is 0 Å². The zero-order valence-electron chi connectivity index (χ0n) is 22.7. The third kappa shape index (κ3) is 7.83. The second kappa shape index (κ2) is 14.2. The molecule has 2 aromatic rings. The highest BCUT2D eigenvalue weighted by molar-refractivity contribution is 6.37. The molecule has 0 bridgehead atoms. The van der Waals surface area contributed by atoms with Crippen LogP contribution in [0.5, 0.6) is 0 Å². The summed E-state index contributed by atoms with van der Waals surface area (Å²) in [5, 5.41) is 0. The fraction of sp³-hybridized carbons (Fsp3) is 0.516. The van der Waals surface area contributed by atoms with Crippen LogP contribution in [0.3, 0.4) is 0 Å². The summed E-state index contributed by atoms with van der Waals surface area (Å²) in [6, 6.07) is 17.6. The van der Waals surface area contributed by atoms with Crippen LogP contribution in [0.15, 0.2) is 54.6 Å². The number of hydrogen-bond acceptors (Lipinski definition) is 6. The number of ketones is 3. The van der Waals surface area contributed by atoms with Crippen LogP contribution in [0, 0.1) is 0 Å². The Morgan fingerprint density at radius 3 is 2.14 bits per heavy atom. The number of morpholine rings is 1. The van der Waals surface area contributed by atoms with E-state index in [1.54, 1.807) is 0 Å². The van der Waals surface area contributed by atoms with Crippen LogP contribution in [0.4, 0.5) is 5.69 Å². The van der Waals surface area contributed by atoms with Gasteiger partial charge in [0.25, 0.3) is 0 Å². The van der Waals surface area contributed by atoms with Crippen molar-refractivity contribution in [3.63, 3.8) is 0 Å². The molecule has 0 saturated carbocycles.